The van der Waals surface area contributed by atoms with E-state index < -0.39 is 6.35 Å². The molecule has 1 fully saturated rings. The fraction of sp³-hybridized carbons (Fsp3) is 0.391. The van der Waals surface area contributed by atoms with Gasteiger partial charge in [0.15, 0.2) is 17.3 Å². The van der Waals surface area contributed by atoms with E-state index in [2.05, 4.69) is 11.0 Å². The number of aromatic nitrogens is 4. The van der Waals surface area contributed by atoms with Crippen LogP contribution >= 0.6 is 22.7 Å². The van der Waals surface area contributed by atoms with Gasteiger partial charge in [0.05, 0.1) is 5.69 Å². The lowest BCUT2D eigenvalue weighted by Crippen LogP contribution is -2.46. The van der Waals surface area contributed by atoms with Crippen molar-refractivity contribution < 1.29 is 9.50 Å². The zero-order chi connectivity index (χ0) is 25.6. The molecule has 2 atom stereocenters. The number of aryl methyl sites for hydroxylation is 1. The second-order valence-electron chi connectivity index (χ2n) is 8.63. The number of aliphatic hydroxyl groups excluding tert-OH is 1. The number of benzene rings is 1. The molecular weight excluding hydrogens is 501 g/mol. The largest absolute Gasteiger partial charge is 0.365 e. The Morgan fingerprint density at radius 1 is 1.28 bits per heavy atom. The summed E-state index contributed by atoms with van der Waals surface area (Å²) in [7, 11) is 3.71. The number of imidazole rings is 1. The summed E-state index contributed by atoms with van der Waals surface area (Å²) in [5.41, 5.74) is 7.73. The maximum atomic E-state index is 13.4. The molecule has 4 aromatic rings. The lowest BCUT2D eigenvalue weighted by atomic mass is 10.1. The fourth-order valence-electron chi connectivity index (χ4n) is 4.36. The Bertz CT molecular complexity index is 1420. The standard InChI is InChI=1S/C23H26FN9OS2/c1-4-16-19(31(3)21-28-18(17(11-25)35-21)13-5-7-14(24)8-6-13)33-22(27-16)36-23(29-33)32-10-9-15(12-32)30(2)20(26)34/h5-8,15,20,34H,4,9-10,12,26H2,1-3H3/t15-,20?/m1/s1. The first-order valence-corrected chi connectivity index (χ1v) is 13.1. The molecule has 4 heterocycles. The topological polar surface area (TPSA) is 123 Å². The molecule has 0 bridgehead atoms. The quantitative estimate of drug-likeness (QED) is 0.349. The van der Waals surface area contributed by atoms with Crippen molar-refractivity contribution >= 4 is 43.7 Å². The molecule has 1 aromatic carbocycles. The highest BCUT2D eigenvalue weighted by atomic mass is 32.1. The number of thiazole rings is 1. The summed E-state index contributed by atoms with van der Waals surface area (Å²) in [6.07, 6.45) is 0.589. The molecule has 0 amide bonds. The van der Waals surface area contributed by atoms with Crippen molar-refractivity contribution in [3.8, 4) is 17.3 Å². The molecule has 0 radical (unpaired) electrons. The predicted molar refractivity (Wildman–Crippen MR) is 139 cm³/mol. The SMILES string of the molecule is CCc1nc2sc(N3CC[C@@H](N(C)C(N)O)C3)nn2c1N(C)c1nc(-c2ccc(F)cc2)c(C#N)s1. The Morgan fingerprint density at radius 2 is 2.03 bits per heavy atom. The van der Waals surface area contributed by atoms with Crippen LogP contribution in [0.15, 0.2) is 24.3 Å². The second kappa shape index (κ2) is 9.72. The molecule has 10 nitrogen and oxygen atoms in total. The molecule has 13 heteroatoms. The summed E-state index contributed by atoms with van der Waals surface area (Å²) in [6, 6.07) is 8.33. The number of nitrogens with zero attached hydrogens (tertiary/aromatic N) is 8. The summed E-state index contributed by atoms with van der Waals surface area (Å²) in [5, 5.41) is 25.8. The van der Waals surface area contributed by atoms with E-state index in [1.165, 1.54) is 34.8 Å². The zero-order valence-electron chi connectivity index (χ0n) is 20.1. The van der Waals surface area contributed by atoms with E-state index >= 15 is 0 Å². The first kappa shape index (κ1) is 24.5. The number of anilines is 3. The van der Waals surface area contributed by atoms with Gasteiger partial charge in [-0.3, -0.25) is 10.6 Å². The van der Waals surface area contributed by atoms with Gasteiger partial charge in [0, 0.05) is 31.7 Å². The number of hydrogen-bond acceptors (Lipinski definition) is 11. The molecule has 3 N–H and O–H groups in total. The van der Waals surface area contributed by atoms with Gasteiger partial charge in [-0.15, -0.1) is 5.10 Å². The van der Waals surface area contributed by atoms with Gasteiger partial charge >= 0.3 is 0 Å². The number of hydrogen-bond donors (Lipinski definition) is 2. The van der Waals surface area contributed by atoms with Crippen molar-refractivity contribution in [2.75, 3.05) is 37.0 Å². The third kappa shape index (κ3) is 4.31. The van der Waals surface area contributed by atoms with Crippen molar-refractivity contribution in [2.45, 2.75) is 32.2 Å². The van der Waals surface area contributed by atoms with Crippen molar-refractivity contribution in [3.05, 3.63) is 40.7 Å². The van der Waals surface area contributed by atoms with Crippen LogP contribution in [0.2, 0.25) is 0 Å². The van der Waals surface area contributed by atoms with Crippen LogP contribution in [0.25, 0.3) is 16.2 Å². The highest BCUT2D eigenvalue weighted by Gasteiger charge is 2.31. The molecule has 36 heavy (non-hydrogen) atoms. The Kier molecular flexibility index (Phi) is 6.62. The molecule has 188 valence electrons. The molecule has 1 aliphatic rings. The molecule has 3 aromatic heterocycles. The predicted octanol–water partition coefficient (Wildman–Crippen LogP) is 3.00. The van der Waals surface area contributed by atoms with Gasteiger partial charge < -0.3 is 14.9 Å². The number of aliphatic hydroxyl groups is 1. The van der Waals surface area contributed by atoms with Crippen LogP contribution < -0.4 is 15.5 Å². The van der Waals surface area contributed by atoms with Crippen molar-refractivity contribution in [2.24, 2.45) is 5.73 Å². The van der Waals surface area contributed by atoms with Gasteiger partial charge in [0.1, 0.15) is 22.5 Å². The third-order valence-electron chi connectivity index (χ3n) is 6.44. The van der Waals surface area contributed by atoms with E-state index in [0.717, 1.165) is 34.6 Å². The minimum atomic E-state index is -0.993. The summed E-state index contributed by atoms with van der Waals surface area (Å²) >= 11 is 2.79. The molecular formula is C23H26FN9OS2. The van der Waals surface area contributed by atoms with Gasteiger partial charge in [0.25, 0.3) is 0 Å². The van der Waals surface area contributed by atoms with Crippen LogP contribution in [0.1, 0.15) is 23.9 Å². The highest BCUT2D eigenvalue weighted by Crippen LogP contribution is 2.38. The van der Waals surface area contributed by atoms with Crippen molar-refractivity contribution in [3.63, 3.8) is 0 Å². The molecule has 1 unspecified atom stereocenters. The monoisotopic (exact) mass is 527 g/mol. The van der Waals surface area contributed by atoms with Crippen molar-refractivity contribution in [1.82, 2.24) is 24.5 Å². The van der Waals surface area contributed by atoms with E-state index in [-0.39, 0.29) is 11.9 Å². The summed E-state index contributed by atoms with van der Waals surface area (Å²) in [6.45, 7) is 3.56. The van der Waals surface area contributed by atoms with Crippen LogP contribution in [0.5, 0.6) is 0 Å². The number of fused-ring (bicyclic) bond motifs is 1. The molecule has 0 saturated carbocycles. The number of halogens is 1. The minimum absolute atomic E-state index is 0.138. The Balaban J connectivity index is 1.48. The van der Waals surface area contributed by atoms with Crippen LogP contribution in [-0.2, 0) is 6.42 Å². The molecule has 0 spiro atoms. The van der Waals surface area contributed by atoms with Crippen LogP contribution in [0, 0.1) is 17.1 Å². The number of nitriles is 1. The zero-order valence-corrected chi connectivity index (χ0v) is 21.7. The average Bonchev–Trinajstić information content (AvgIpc) is 3.65. The van der Waals surface area contributed by atoms with Gasteiger partial charge in [-0.1, -0.05) is 29.6 Å². The third-order valence-corrected chi connectivity index (χ3v) is 8.45. The van der Waals surface area contributed by atoms with Crippen LogP contribution in [0.3, 0.4) is 0 Å². The smallest absolute Gasteiger partial charge is 0.216 e. The van der Waals surface area contributed by atoms with E-state index in [0.29, 0.717) is 34.2 Å². The Labute approximate surface area is 215 Å². The fourth-order valence-corrected chi connectivity index (χ4v) is 6.16. The molecule has 1 aliphatic heterocycles. The van der Waals surface area contributed by atoms with E-state index in [1.54, 1.807) is 17.0 Å². The molecule has 0 aliphatic carbocycles. The maximum Gasteiger partial charge on any atom is 0.216 e. The van der Waals surface area contributed by atoms with E-state index in [9.17, 15) is 14.8 Å². The number of rotatable bonds is 7. The van der Waals surface area contributed by atoms with Crippen molar-refractivity contribution in [1.29, 1.82) is 5.26 Å². The lowest BCUT2D eigenvalue weighted by molar-refractivity contribution is 0.00458. The van der Waals surface area contributed by atoms with Crippen LogP contribution in [0.4, 0.5) is 20.5 Å². The van der Waals surface area contributed by atoms with Gasteiger partial charge in [-0.2, -0.15) is 9.78 Å². The van der Waals surface area contributed by atoms with E-state index in [4.69, 9.17) is 20.8 Å². The lowest BCUT2D eigenvalue weighted by Gasteiger charge is -2.26. The van der Waals surface area contributed by atoms with Gasteiger partial charge in [0.2, 0.25) is 10.1 Å². The number of nitrogens with two attached hydrogens (primary N) is 1. The van der Waals surface area contributed by atoms with Gasteiger partial charge in [-0.05, 0) is 44.2 Å². The normalized spacial score (nSPS) is 16.7. The summed E-state index contributed by atoms with van der Waals surface area (Å²) in [4.78, 5) is 16.6. The summed E-state index contributed by atoms with van der Waals surface area (Å²) < 4.78 is 15.2. The van der Waals surface area contributed by atoms with Gasteiger partial charge in [-0.25, -0.2) is 14.4 Å². The average molecular weight is 528 g/mol. The second-order valence-corrected chi connectivity index (χ2v) is 10.5. The first-order chi connectivity index (χ1) is 17.3. The van der Waals surface area contributed by atoms with Crippen LogP contribution in [-0.4, -0.2) is 69.2 Å². The molecule has 1 saturated heterocycles. The first-order valence-electron chi connectivity index (χ1n) is 11.5. The Morgan fingerprint density at radius 3 is 2.69 bits per heavy atom. The number of likely N-dealkylation sites (N-methyl/N-ethyl adjacent to an activating group) is 1. The maximum absolute atomic E-state index is 13.4. The molecule has 5 rings (SSSR count). The summed E-state index contributed by atoms with van der Waals surface area (Å²) in [5.74, 6) is 0.456. The van der Waals surface area contributed by atoms with E-state index in [1.807, 2.05) is 30.4 Å². The Hall–Kier alpha value is -3.15. The highest BCUT2D eigenvalue weighted by molar-refractivity contribution is 7.20. The minimum Gasteiger partial charge on any atom is -0.365 e.